The summed E-state index contributed by atoms with van der Waals surface area (Å²) in [4.78, 5) is 24.2. The van der Waals surface area contributed by atoms with Crippen molar-refractivity contribution in [3.05, 3.63) is 0 Å². The molecule has 0 spiro atoms. The second-order valence-electron chi connectivity index (χ2n) is 5.45. The Labute approximate surface area is 120 Å². The van der Waals surface area contributed by atoms with Gasteiger partial charge < -0.3 is 20.1 Å². The molecule has 2 N–H and O–H groups in total. The number of aliphatic carboxylic acids is 1. The minimum atomic E-state index is -0.838. The molecule has 0 unspecified atom stereocenters. The van der Waals surface area contributed by atoms with Crippen molar-refractivity contribution in [3.63, 3.8) is 0 Å². The summed E-state index contributed by atoms with van der Waals surface area (Å²) < 4.78 is 5.50. The van der Waals surface area contributed by atoms with Crippen LogP contribution in [0.5, 0.6) is 0 Å². The van der Waals surface area contributed by atoms with Crippen LogP contribution in [0.4, 0.5) is 0 Å². The third-order valence-corrected chi connectivity index (χ3v) is 3.36. The molecule has 0 atom stereocenters. The van der Waals surface area contributed by atoms with E-state index >= 15 is 0 Å². The number of hydrogen-bond donors (Lipinski definition) is 2. The quantitative estimate of drug-likeness (QED) is 0.692. The molecule has 0 radical (unpaired) electrons. The molecule has 1 rings (SSSR count). The number of nitrogens with zero attached hydrogens (tertiary/aromatic N) is 1. The summed E-state index contributed by atoms with van der Waals surface area (Å²) in [6.07, 6.45) is 2.25. The van der Waals surface area contributed by atoms with Gasteiger partial charge in [-0.1, -0.05) is 13.8 Å². The molecule has 0 aromatic rings. The van der Waals surface area contributed by atoms with E-state index in [1.165, 1.54) is 0 Å². The Morgan fingerprint density at radius 3 is 2.50 bits per heavy atom. The van der Waals surface area contributed by atoms with Crippen molar-refractivity contribution in [2.24, 2.45) is 0 Å². The maximum atomic E-state index is 12.0. The Morgan fingerprint density at radius 2 is 1.95 bits per heavy atom. The molecule has 0 bridgehead atoms. The summed E-state index contributed by atoms with van der Waals surface area (Å²) in [5, 5.41) is 11.8. The summed E-state index contributed by atoms with van der Waals surface area (Å²) >= 11 is 0. The Hall–Kier alpha value is -1.14. The zero-order chi connectivity index (χ0) is 15.0. The highest BCUT2D eigenvalue weighted by Crippen LogP contribution is 2.14. The molecule has 6 nitrogen and oxygen atoms in total. The van der Waals surface area contributed by atoms with Gasteiger partial charge in [0.15, 0.2) is 0 Å². The van der Waals surface area contributed by atoms with E-state index in [1.54, 1.807) is 0 Å². The standard InChI is InChI=1S/C14H26N2O4/c1-11(2)15-7-3-13(17)16-8-4-12(5-9-16)20-10-6-14(18)19/h11-12,15H,3-10H2,1-2H3,(H,18,19). The molecule has 0 aromatic heterocycles. The van der Waals surface area contributed by atoms with Gasteiger partial charge in [-0.2, -0.15) is 0 Å². The number of carbonyl (C=O) groups excluding carboxylic acids is 1. The van der Waals surface area contributed by atoms with E-state index in [2.05, 4.69) is 19.2 Å². The number of carbonyl (C=O) groups is 2. The number of nitrogens with one attached hydrogen (secondary N) is 1. The van der Waals surface area contributed by atoms with Gasteiger partial charge in [0.05, 0.1) is 19.1 Å². The van der Waals surface area contributed by atoms with Crippen molar-refractivity contribution >= 4 is 11.9 Å². The topological polar surface area (TPSA) is 78.9 Å². The zero-order valence-corrected chi connectivity index (χ0v) is 12.4. The van der Waals surface area contributed by atoms with Crippen LogP contribution in [0.2, 0.25) is 0 Å². The molecule has 0 aliphatic carbocycles. The first-order valence-electron chi connectivity index (χ1n) is 7.33. The summed E-state index contributed by atoms with van der Waals surface area (Å²) in [7, 11) is 0. The molecule has 0 saturated carbocycles. The monoisotopic (exact) mass is 286 g/mol. The van der Waals surface area contributed by atoms with Crippen LogP contribution in [-0.2, 0) is 14.3 Å². The Kier molecular flexibility index (Phi) is 7.54. The van der Waals surface area contributed by atoms with E-state index in [0.717, 1.165) is 12.8 Å². The molecular weight excluding hydrogens is 260 g/mol. The third-order valence-electron chi connectivity index (χ3n) is 3.36. The average Bonchev–Trinajstić information content (AvgIpc) is 2.38. The molecule has 1 aliphatic heterocycles. The van der Waals surface area contributed by atoms with E-state index < -0.39 is 5.97 Å². The maximum absolute atomic E-state index is 12.0. The van der Waals surface area contributed by atoms with E-state index in [4.69, 9.17) is 9.84 Å². The Bertz CT molecular complexity index is 312. The highest BCUT2D eigenvalue weighted by atomic mass is 16.5. The van der Waals surface area contributed by atoms with E-state index in [0.29, 0.717) is 32.1 Å². The van der Waals surface area contributed by atoms with Crippen LogP contribution in [0.1, 0.15) is 39.5 Å². The lowest BCUT2D eigenvalue weighted by Gasteiger charge is -2.32. The van der Waals surface area contributed by atoms with Gasteiger partial charge in [0.2, 0.25) is 5.91 Å². The Balaban J connectivity index is 2.14. The summed E-state index contributed by atoms with van der Waals surface area (Å²) in [6, 6.07) is 0.399. The van der Waals surface area contributed by atoms with Crippen LogP contribution in [0, 0.1) is 0 Å². The Morgan fingerprint density at radius 1 is 1.30 bits per heavy atom. The molecule has 1 amide bonds. The third kappa shape index (κ3) is 6.86. The van der Waals surface area contributed by atoms with Crippen molar-refractivity contribution in [1.29, 1.82) is 0 Å². The van der Waals surface area contributed by atoms with Crippen LogP contribution in [0.3, 0.4) is 0 Å². The largest absolute Gasteiger partial charge is 0.481 e. The van der Waals surface area contributed by atoms with Crippen molar-refractivity contribution in [2.75, 3.05) is 26.2 Å². The zero-order valence-electron chi connectivity index (χ0n) is 12.4. The number of carboxylic acids is 1. The van der Waals surface area contributed by atoms with Crippen LogP contribution >= 0.6 is 0 Å². The van der Waals surface area contributed by atoms with Gasteiger partial charge in [-0.05, 0) is 12.8 Å². The van der Waals surface area contributed by atoms with Gasteiger partial charge >= 0.3 is 5.97 Å². The molecule has 1 fully saturated rings. The van der Waals surface area contributed by atoms with Crippen LogP contribution in [0.15, 0.2) is 0 Å². The molecule has 20 heavy (non-hydrogen) atoms. The number of carboxylic acid groups (broad SMARTS) is 1. The van der Waals surface area contributed by atoms with Gasteiger partial charge in [-0.3, -0.25) is 9.59 Å². The molecule has 116 valence electrons. The molecule has 1 saturated heterocycles. The van der Waals surface area contributed by atoms with Crippen molar-refractivity contribution < 1.29 is 19.4 Å². The van der Waals surface area contributed by atoms with Gasteiger partial charge in [-0.15, -0.1) is 0 Å². The first-order valence-corrected chi connectivity index (χ1v) is 7.33. The van der Waals surface area contributed by atoms with E-state index in [9.17, 15) is 9.59 Å². The highest BCUT2D eigenvalue weighted by Gasteiger charge is 2.22. The number of ether oxygens (including phenoxy) is 1. The SMILES string of the molecule is CC(C)NCCC(=O)N1CCC(OCCC(=O)O)CC1. The minimum Gasteiger partial charge on any atom is -0.481 e. The fourth-order valence-electron chi connectivity index (χ4n) is 2.21. The first kappa shape index (κ1) is 16.9. The highest BCUT2D eigenvalue weighted by molar-refractivity contribution is 5.76. The number of hydrogen-bond acceptors (Lipinski definition) is 4. The first-order chi connectivity index (χ1) is 9.49. The van der Waals surface area contributed by atoms with Crippen LogP contribution in [-0.4, -0.2) is 60.3 Å². The molecule has 1 heterocycles. The molecule has 6 heteroatoms. The normalized spacial score (nSPS) is 16.6. The van der Waals surface area contributed by atoms with Crippen molar-refractivity contribution in [2.45, 2.75) is 51.7 Å². The smallest absolute Gasteiger partial charge is 0.305 e. The van der Waals surface area contributed by atoms with Gasteiger partial charge in [0.25, 0.3) is 0 Å². The predicted octanol–water partition coefficient (Wildman–Crippen LogP) is 0.857. The van der Waals surface area contributed by atoms with Crippen molar-refractivity contribution in [3.8, 4) is 0 Å². The van der Waals surface area contributed by atoms with Gasteiger partial charge in [0.1, 0.15) is 0 Å². The summed E-state index contributed by atoms with van der Waals surface area (Å²) in [6.45, 7) is 6.50. The van der Waals surface area contributed by atoms with Crippen LogP contribution in [0.25, 0.3) is 0 Å². The number of amides is 1. The predicted molar refractivity (Wildman–Crippen MR) is 75.6 cm³/mol. The van der Waals surface area contributed by atoms with Gasteiger partial charge in [-0.25, -0.2) is 0 Å². The molecular formula is C14H26N2O4. The van der Waals surface area contributed by atoms with Crippen molar-refractivity contribution in [1.82, 2.24) is 10.2 Å². The summed E-state index contributed by atoms with van der Waals surface area (Å²) in [5.41, 5.74) is 0. The lowest BCUT2D eigenvalue weighted by atomic mass is 10.1. The number of rotatable bonds is 8. The van der Waals surface area contributed by atoms with Gasteiger partial charge in [0, 0.05) is 32.1 Å². The fraction of sp³-hybridized carbons (Fsp3) is 0.857. The summed E-state index contributed by atoms with van der Waals surface area (Å²) in [5.74, 6) is -0.655. The second kappa shape index (κ2) is 8.92. The lowest BCUT2D eigenvalue weighted by Crippen LogP contribution is -2.42. The second-order valence-corrected chi connectivity index (χ2v) is 5.45. The van der Waals surface area contributed by atoms with E-state index in [-0.39, 0.29) is 25.0 Å². The maximum Gasteiger partial charge on any atom is 0.305 e. The van der Waals surface area contributed by atoms with E-state index in [1.807, 2.05) is 4.90 Å². The number of likely N-dealkylation sites (tertiary alicyclic amines) is 1. The minimum absolute atomic E-state index is 0.0417. The molecule has 0 aromatic carbocycles. The lowest BCUT2D eigenvalue weighted by molar-refractivity contribution is -0.139. The fourth-order valence-corrected chi connectivity index (χ4v) is 2.21. The molecule has 1 aliphatic rings. The number of piperidine rings is 1. The van der Waals surface area contributed by atoms with Crippen LogP contribution < -0.4 is 5.32 Å². The average molecular weight is 286 g/mol.